The van der Waals surface area contributed by atoms with Crippen LogP contribution in [-0.4, -0.2) is 48.5 Å². The van der Waals surface area contributed by atoms with Crippen molar-refractivity contribution in [1.82, 2.24) is 15.2 Å². The molecule has 0 saturated carbocycles. The zero-order valence-electron chi connectivity index (χ0n) is 15.5. The molecule has 0 amide bonds. The van der Waals surface area contributed by atoms with E-state index in [1.54, 1.807) is 13.3 Å². The molecule has 1 saturated heterocycles. The van der Waals surface area contributed by atoms with Crippen LogP contribution >= 0.6 is 0 Å². The van der Waals surface area contributed by atoms with Gasteiger partial charge in [0.25, 0.3) is 0 Å². The van der Waals surface area contributed by atoms with Crippen LogP contribution in [0.5, 0.6) is 5.75 Å². The maximum Gasteiger partial charge on any atom is 0.249 e. The maximum absolute atomic E-state index is 13.1. The van der Waals surface area contributed by atoms with Gasteiger partial charge in [-0.25, -0.2) is 4.39 Å². The fourth-order valence-corrected chi connectivity index (χ4v) is 3.21. The van der Waals surface area contributed by atoms with Crippen molar-refractivity contribution >= 4 is 23.1 Å². The molecule has 0 spiro atoms. The van der Waals surface area contributed by atoms with E-state index < -0.39 is 0 Å². The summed E-state index contributed by atoms with van der Waals surface area (Å²) in [6.07, 6.45) is 1.67. The molecule has 1 fully saturated rings. The Kier molecular flexibility index (Phi) is 5.18. The van der Waals surface area contributed by atoms with Crippen molar-refractivity contribution in [3.05, 3.63) is 60.5 Å². The van der Waals surface area contributed by atoms with Crippen molar-refractivity contribution < 1.29 is 9.13 Å². The number of ether oxygens (including phenoxy) is 1. The Labute approximate surface area is 162 Å². The van der Waals surface area contributed by atoms with Crippen LogP contribution in [0.3, 0.4) is 0 Å². The molecule has 28 heavy (non-hydrogen) atoms. The van der Waals surface area contributed by atoms with Crippen LogP contribution < -0.4 is 19.9 Å². The number of hydrogen-bond acceptors (Lipinski definition) is 7. The highest BCUT2D eigenvalue weighted by atomic mass is 19.1. The first-order valence-corrected chi connectivity index (χ1v) is 9.08. The van der Waals surface area contributed by atoms with Crippen molar-refractivity contribution in [2.24, 2.45) is 0 Å². The zero-order valence-corrected chi connectivity index (χ0v) is 15.5. The minimum absolute atomic E-state index is 0.218. The molecule has 4 rings (SSSR count). The normalized spacial score (nSPS) is 14.1. The van der Waals surface area contributed by atoms with E-state index in [1.165, 1.54) is 12.1 Å². The van der Waals surface area contributed by atoms with E-state index in [1.807, 2.05) is 36.4 Å². The standard InChI is InChI=1S/C20H21FN6O/c1-28-18-5-3-2-4-17(18)23-20-24-19(14-22-25-20)27-12-10-26(11-13-27)16-8-6-15(21)7-9-16/h2-9,14H,10-13H2,1H3,(H,23,24,25). The Balaban J connectivity index is 1.43. The Bertz CT molecular complexity index is 928. The van der Waals surface area contributed by atoms with Gasteiger partial charge in [-0.1, -0.05) is 12.1 Å². The van der Waals surface area contributed by atoms with Gasteiger partial charge in [0.05, 0.1) is 19.0 Å². The molecule has 1 aliphatic rings. The summed E-state index contributed by atoms with van der Waals surface area (Å²) < 4.78 is 18.5. The third-order valence-corrected chi connectivity index (χ3v) is 4.69. The van der Waals surface area contributed by atoms with Gasteiger partial charge in [0.1, 0.15) is 11.6 Å². The van der Waals surface area contributed by atoms with Gasteiger partial charge in [-0.05, 0) is 36.4 Å². The number of aromatic nitrogens is 3. The number of halogens is 1. The van der Waals surface area contributed by atoms with Crippen LogP contribution in [0, 0.1) is 5.82 Å². The second-order valence-corrected chi connectivity index (χ2v) is 6.41. The average Bonchev–Trinajstić information content (AvgIpc) is 2.75. The third-order valence-electron chi connectivity index (χ3n) is 4.69. The SMILES string of the molecule is COc1ccccc1Nc1nncc(N2CCN(c3ccc(F)cc3)CC2)n1. The molecule has 0 unspecified atom stereocenters. The predicted octanol–water partition coefficient (Wildman–Crippen LogP) is 3.09. The van der Waals surface area contributed by atoms with Crippen LogP contribution in [-0.2, 0) is 0 Å². The summed E-state index contributed by atoms with van der Waals surface area (Å²) in [5.41, 5.74) is 1.81. The first kappa shape index (κ1) is 18.0. The zero-order chi connectivity index (χ0) is 19.3. The fraction of sp³-hybridized carbons (Fsp3) is 0.250. The van der Waals surface area contributed by atoms with Crippen LogP contribution in [0.25, 0.3) is 0 Å². The minimum Gasteiger partial charge on any atom is -0.495 e. The van der Waals surface area contributed by atoms with Crippen LogP contribution in [0.15, 0.2) is 54.7 Å². The second kappa shape index (κ2) is 8.08. The Morgan fingerprint density at radius 2 is 1.68 bits per heavy atom. The molecule has 1 N–H and O–H groups in total. The first-order valence-electron chi connectivity index (χ1n) is 9.08. The average molecular weight is 380 g/mol. The van der Waals surface area contributed by atoms with E-state index in [-0.39, 0.29) is 5.82 Å². The molecule has 0 aliphatic carbocycles. The van der Waals surface area contributed by atoms with E-state index in [0.717, 1.165) is 43.4 Å². The number of anilines is 4. The summed E-state index contributed by atoms with van der Waals surface area (Å²) in [5.74, 6) is 1.68. The third kappa shape index (κ3) is 3.95. The molecule has 1 aromatic heterocycles. The molecule has 2 aromatic carbocycles. The number of benzene rings is 2. The molecule has 3 aromatic rings. The number of nitrogens with zero attached hydrogens (tertiary/aromatic N) is 5. The first-order chi connectivity index (χ1) is 13.7. The van der Waals surface area contributed by atoms with E-state index in [9.17, 15) is 4.39 Å². The lowest BCUT2D eigenvalue weighted by Crippen LogP contribution is -2.46. The lowest BCUT2D eigenvalue weighted by atomic mass is 10.2. The highest BCUT2D eigenvalue weighted by Crippen LogP contribution is 2.26. The summed E-state index contributed by atoms with van der Waals surface area (Å²) in [5, 5.41) is 11.3. The van der Waals surface area contributed by atoms with Crippen molar-refractivity contribution in [3.63, 3.8) is 0 Å². The van der Waals surface area contributed by atoms with Crippen molar-refractivity contribution in [2.75, 3.05) is 48.4 Å². The lowest BCUT2D eigenvalue weighted by molar-refractivity contribution is 0.417. The van der Waals surface area contributed by atoms with Crippen LogP contribution in [0.2, 0.25) is 0 Å². The summed E-state index contributed by atoms with van der Waals surface area (Å²) in [6.45, 7) is 3.24. The molecule has 2 heterocycles. The van der Waals surface area contributed by atoms with Gasteiger partial charge in [-0.2, -0.15) is 10.1 Å². The number of methoxy groups -OCH3 is 1. The number of hydrogen-bond donors (Lipinski definition) is 1. The Morgan fingerprint density at radius 1 is 0.964 bits per heavy atom. The molecule has 0 bridgehead atoms. The minimum atomic E-state index is -0.218. The topological polar surface area (TPSA) is 66.4 Å². The van der Waals surface area contributed by atoms with E-state index in [0.29, 0.717) is 11.7 Å². The van der Waals surface area contributed by atoms with Crippen molar-refractivity contribution in [1.29, 1.82) is 0 Å². The smallest absolute Gasteiger partial charge is 0.249 e. The molecule has 7 nitrogen and oxygen atoms in total. The second-order valence-electron chi connectivity index (χ2n) is 6.41. The summed E-state index contributed by atoms with van der Waals surface area (Å²) in [7, 11) is 1.62. The molecular weight excluding hydrogens is 359 g/mol. The van der Waals surface area contributed by atoms with E-state index >= 15 is 0 Å². The fourth-order valence-electron chi connectivity index (χ4n) is 3.21. The Morgan fingerprint density at radius 3 is 2.43 bits per heavy atom. The molecule has 0 radical (unpaired) electrons. The number of para-hydroxylation sites is 2. The Hall–Kier alpha value is -3.42. The summed E-state index contributed by atoms with van der Waals surface area (Å²) >= 11 is 0. The molecular formula is C20H21FN6O. The van der Waals surface area contributed by atoms with E-state index in [4.69, 9.17) is 4.74 Å². The maximum atomic E-state index is 13.1. The van der Waals surface area contributed by atoms with E-state index in [2.05, 4.69) is 30.3 Å². The summed E-state index contributed by atoms with van der Waals surface area (Å²) in [6, 6.07) is 14.2. The van der Waals surface area contributed by atoms with Gasteiger partial charge in [0.2, 0.25) is 5.95 Å². The van der Waals surface area contributed by atoms with Gasteiger partial charge < -0.3 is 19.9 Å². The molecule has 8 heteroatoms. The highest BCUT2D eigenvalue weighted by molar-refractivity contribution is 5.62. The van der Waals surface area contributed by atoms with Gasteiger partial charge >= 0.3 is 0 Å². The van der Waals surface area contributed by atoms with Gasteiger partial charge in [-0.15, -0.1) is 5.10 Å². The van der Waals surface area contributed by atoms with Crippen LogP contribution in [0.1, 0.15) is 0 Å². The lowest BCUT2D eigenvalue weighted by Gasteiger charge is -2.36. The van der Waals surface area contributed by atoms with Gasteiger partial charge in [-0.3, -0.25) is 0 Å². The van der Waals surface area contributed by atoms with Gasteiger partial charge in [0, 0.05) is 31.9 Å². The quantitative estimate of drug-likeness (QED) is 0.730. The molecule has 1 aliphatic heterocycles. The van der Waals surface area contributed by atoms with Crippen molar-refractivity contribution in [3.8, 4) is 5.75 Å². The largest absolute Gasteiger partial charge is 0.495 e. The molecule has 144 valence electrons. The van der Waals surface area contributed by atoms with Crippen LogP contribution in [0.4, 0.5) is 27.5 Å². The predicted molar refractivity (Wildman–Crippen MR) is 107 cm³/mol. The number of piperazine rings is 1. The highest BCUT2D eigenvalue weighted by Gasteiger charge is 2.19. The molecule has 0 atom stereocenters. The number of rotatable bonds is 5. The van der Waals surface area contributed by atoms with Crippen molar-refractivity contribution in [2.45, 2.75) is 0 Å². The number of nitrogens with one attached hydrogen (secondary N) is 1. The monoisotopic (exact) mass is 380 g/mol. The van der Waals surface area contributed by atoms with Gasteiger partial charge in [0.15, 0.2) is 5.82 Å². The summed E-state index contributed by atoms with van der Waals surface area (Å²) in [4.78, 5) is 9.00.